The van der Waals surface area contributed by atoms with Gasteiger partial charge in [0.1, 0.15) is 5.00 Å². The van der Waals surface area contributed by atoms with Gasteiger partial charge in [-0.3, -0.25) is 14.4 Å². The number of carbonyl (C=O) groups excluding carboxylic acids is 2. The molecule has 4 N–H and O–H groups in total. The average molecular weight is 445 g/mol. The summed E-state index contributed by atoms with van der Waals surface area (Å²) in [6, 6.07) is 0. The predicted octanol–water partition coefficient (Wildman–Crippen LogP) is 4.24. The van der Waals surface area contributed by atoms with E-state index >= 15 is 0 Å². The first-order valence-corrected chi connectivity index (χ1v) is 12.1. The molecule has 7 heteroatoms. The number of carbonyl (C=O) groups is 3. The maximum absolute atomic E-state index is 13.3. The first kappa shape index (κ1) is 22.1. The first-order chi connectivity index (χ1) is 14.6. The van der Waals surface area contributed by atoms with Gasteiger partial charge in [0, 0.05) is 4.88 Å². The smallest absolute Gasteiger partial charge is 0.307 e. The molecule has 6 nitrogen and oxygen atoms in total. The van der Waals surface area contributed by atoms with E-state index in [4.69, 9.17) is 5.73 Å². The number of fused-ring (bicyclic) bond motifs is 3. The second-order valence-electron chi connectivity index (χ2n) is 10.0. The zero-order valence-electron chi connectivity index (χ0n) is 18.4. The summed E-state index contributed by atoms with van der Waals surface area (Å²) in [5.74, 6) is -2.76. The average Bonchev–Trinajstić information content (AvgIpc) is 3.10. The van der Waals surface area contributed by atoms with Gasteiger partial charge >= 0.3 is 5.97 Å². The Kier molecular flexibility index (Phi) is 5.75. The highest BCUT2D eigenvalue weighted by molar-refractivity contribution is 7.17. The Morgan fingerprint density at radius 1 is 1.16 bits per heavy atom. The molecule has 31 heavy (non-hydrogen) atoms. The van der Waals surface area contributed by atoms with Crippen molar-refractivity contribution in [3.8, 4) is 0 Å². The van der Waals surface area contributed by atoms with Crippen molar-refractivity contribution in [1.82, 2.24) is 0 Å². The second kappa shape index (κ2) is 8.08. The zero-order valence-corrected chi connectivity index (χ0v) is 19.3. The van der Waals surface area contributed by atoms with Gasteiger partial charge < -0.3 is 16.2 Å². The number of allylic oxidation sites excluding steroid dienone is 2. The van der Waals surface area contributed by atoms with Crippen molar-refractivity contribution in [2.24, 2.45) is 40.7 Å². The minimum atomic E-state index is -0.926. The number of hydrogen-bond acceptors (Lipinski definition) is 4. The highest BCUT2D eigenvalue weighted by Gasteiger charge is 2.48. The standard InChI is InChI=1S/C24H32N2O4S/c1-4-24(2,3)14-9-10-15-16(11-14)31-22(19(15)20(25)27)26-21(28)17-12-5-7-13(8-6-12)18(17)23(29)30/h5,7,12-14,17-18H,4,6,8-11H2,1-3H3,(H2,25,27)(H,26,28)(H,29,30)/t12-,13+,14-,17+,18+/m1/s1. The topological polar surface area (TPSA) is 109 Å². The van der Waals surface area contributed by atoms with E-state index in [0.29, 0.717) is 16.5 Å². The number of thiophene rings is 1. The summed E-state index contributed by atoms with van der Waals surface area (Å²) in [5.41, 5.74) is 7.33. The van der Waals surface area contributed by atoms with Gasteiger partial charge in [0.05, 0.1) is 17.4 Å². The SMILES string of the molecule is CCC(C)(C)[C@@H]1CCc2c(sc(NC(=O)[C@@H]3[C@@H](C(=O)O)[C@H]4C=C[C@@H]3CC4)c2C(N)=O)C1. The van der Waals surface area contributed by atoms with E-state index in [9.17, 15) is 19.5 Å². The van der Waals surface area contributed by atoms with Crippen LogP contribution in [0, 0.1) is 35.0 Å². The van der Waals surface area contributed by atoms with Gasteiger partial charge in [-0.15, -0.1) is 11.3 Å². The number of amides is 2. The fourth-order valence-electron chi connectivity index (χ4n) is 5.77. The third kappa shape index (κ3) is 3.81. The number of nitrogens with two attached hydrogens (primary N) is 1. The Morgan fingerprint density at radius 2 is 1.81 bits per heavy atom. The number of anilines is 1. The number of rotatable bonds is 6. The van der Waals surface area contributed by atoms with E-state index in [2.05, 4.69) is 26.1 Å². The zero-order chi connectivity index (χ0) is 22.5. The van der Waals surface area contributed by atoms with Crippen LogP contribution in [0.5, 0.6) is 0 Å². The molecule has 1 fully saturated rings. The molecule has 0 aromatic carbocycles. The summed E-state index contributed by atoms with van der Waals surface area (Å²) >= 11 is 1.44. The highest BCUT2D eigenvalue weighted by atomic mass is 32.1. The van der Waals surface area contributed by atoms with E-state index in [1.54, 1.807) is 0 Å². The lowest BCUT2D eigenvalue weighted by Gasteiger charge is -2.41. The van der Waals surface area contributed by atoms with Crippen LogP contribution in [-0.4, -0.2) is 22.9 Å². The van der Waals surface area contributed by atoms with E-state index in [-0.39, 0.29) is 23.2 Å². The van der Waals surface area contributed by atoms with Gasteiger partial charge in [-0.2, -0.15) is 0 Å². The van der Waals surface area contributed by atoms with E-state index in [0.717, 1.165) is 49.0 Å². The minimum absolute atomic E-state index is 0.0764. The molecule has 1 aromatic heterocycles. The highest BCUT2D eigenvalue weighted by Crippen LogP contribution is 2.48. The molecular formula is C24H32N2O4S. The molecule has 168 valence electrons. The van der Waals surface area contributed by atoms with E-state index < -0.39 is 23.7 Å². The Bertz CT molecular complexity index is 948. The lowest BCUT2D eigenvalue weighted by Crippen LogP contribution is -2.47. The molecule has 4 aliphatic carbocycles. The second-order valence-corrected chi connectivity index (χ2v) is 11.1. The molecule has 5 rings (SSSR count). The Balaban J connectivity index is 1.62. The Morgan fingerprint density at radius 3 is 2.35 bits per heavy atom. The van der Waals surface area contributed by atoms with Crippen LogP contribution in [0.3, 0.4) is 0 Å². The van der Waals surface area contributed by atoms with Crippen LogP contribution in [0.4, 0.5) is 5.00 Å². The van der Waals surface area contributed by atoms with Gasteiger partial charge in [-0.25, -0.2) is 0 Å². The summed E-state index contributed by atoms with van der Waals surface area (Å²) in [7, 11) is 0. The molecule has 0 saturated heterocycles. The normalized spacial score (nSPS) is 29.5. The van der Waals surface area contributed by atoms with Crippen molar-refractivity contribution < 1.29 is 19.5 Å². The molecule has 0 spiro atoms. The van der Waals surface area contributed by atoms with Crippen molar-refractivity contribution in [2.75, 3.05) is 5.32 Å². The lowest BCUT2D eigenvalue weighted by atomic mass is 9.62. The fourth-order valence-corrected chi connectivity index (χ4v) is 7.11. The quantitative estimate of drug-likeness (QED) is 0.570. The predicted molar refractivity (Wildman–Crippen MR) is 121 cm³/mol. The fraction of sp³-hybridized carbons (Fsp3) is 0.625. The summed E-state index contributed by atoms with van der Waals surface area (Å²) in [6.45, 7) is 6.77. The number of carboxylic acids is 1. The molecule has 0 aliphatic heterocycles. The van der Waals surface area contributed by atoms with Crippen LogP contribution in [-0.2, 0) is 22.4 Å². The molecule has 0 unspecified atom stereocenters. The summed E-state index contributed by atoms with van der Waals surface area (Å²) < 4.78 is 0. The van der Waals surface area contributed by atoms with Crippen molar-refractivity contribution >= 4 is 34.1 Å². The van der Waals surface area contributed by atoms with Gasteiger partial charge in [-0.05, 0) is 60.8 Å². The number of carboxylic acid groups (broad SMARTS) is 1. The van der Waals surface area contributed by atoms with Crippen molar-refractivity contribution in [1.29, 1.82) is 0 Å². The monoisotopic (exact) mass is 444 g/mol. The molecule has 2 amide bonds. The van der Waals surface area contributed by atoms with Crippen LogP contribution in [0.25, 0.3) is 0 Å². The number of primary amides is 1. The maximum Gasteiger partial charge on any atom is 0.307 e. The van der Waals surface area contributed by atoms with Crippen molar-refractivity contribution in [3.05, 3.63) is 28.2 Å². The molecule has 4 aliphatic rings. The molecule has 5 atom stereocenters. The van der Waals surface area contributed by atoms with E-state index in [1.807, 2.05) is 12.2 Å². The van der Waals surface area contributed by atoms with Crippen LogP contribution in [0.1, 0.15) is 67.3 Å². The Labute approximate surface area is 187 Å². The van der Waals surface area contributed by atoms with Crippen molar-refractivity contribution in [3.63, 3.8) is 0 Å². The van der Waals surface area contributed by atoms with Crippen LogP contribution < -0.4 is 11.1 Å². The molecule has 1 aromatic rings. The third-order valence-electron chi connectivity index (χ3n) is 8.10. The molecular weight excluding hydrogens is 412 g/mol. The van der Waals surface area contributed by atoms with Gasteiger partial charge in [0.25, 0.3) is 5.91 Å². The Hall–Kier alpha value is -2.15. The maximum atomic E-state index is 13.3. The number of hydrogen-bond donors (Lipinski definition) is 3. The van der Waals surface area contributed by atoms with Crippen LogP contribution in [0.2, 0.25) is 0 Å². The summed E-state index contributed by atoms with van der Waals surface area (Å²) in [5, 5.41) is 13.2. The largest absolute Gasteiger partial charge is 0.481 e. The first-order valence-electron chi connectivity index (χ1n) is 11.3. The lowest BCUT2D eigenvalue weighted by molar-refractivity contribution is -0.151. The van der Waals surface area contributed by atoms with Crippen LogP contribution >= 0.6 is 11.3 Å². The van der Waals surface area contributed by atoms with E-state index in [1.165, 1.54) is 11.3 Å². The van der Waals surface area contributed by atoms with Gasteiger partial charge in [0.15, 0.2) is 0 Å². The number of nitrogens with one attached hydrogen (secondary N) is 1. The molecule has 1 heterocycles. The summed E-state index contributed by atoms with van der Waals surface area (Å²) in [4.78, 5) is 38.6. The van der Waals surface area contributed by atoms with Gasteiger partial charge in [0.2, 0.25) is 5.91 Å². The van der Waals surface area contributed by atoms with Crippen molar-refractivity contribution in [2.45, 2.75) is 59.3 Å². The minimum Gasteiger partial charge on any atom is -0.481 e. The molecule has 2 bridgehead atoms. The van der Waals surface area contributed by atoms with Gasteiger partial charge in [-0.1, -0.05) is 39.3 Å². The third-order valence-corrected chi connectivity index (χ3v) is 9.27. The molecule has 0 radical (unpaired) electrons. The summed E-state index contributed by atoms with van der Waals surface area (Å²) in [6.07, 6.45) is 9.30. The van der Waals surface area contributed by atoms with Crippen LogP contribution in [0.15, 0.2) is 12.2 Å². The number of aliphatic carboxylic acids is 1. The molecule has 1 saturated carbocycles.